The van der Waals surface area contributed by atoms with Crippen molar-refractivity contribution in [3.8, 4) is 0 Å². The van der Waals surface area contributed by atoms with E-state index in [1.165, 1.54) is 4.88 Å². The van der Waals surface area contributed by atoms with Crippen molar-refractivity contribution in [2.75, 3.05) is 6.54 Å². The van der Waals surface area contributed by atoms with Gasteiger partial charge in [0, 0.05) is 23.5 Å². The van der Waals surface area contributed by atoms with E-state index in [1.807, 2.05) is 0 Å². The normalized spacial score (nSPS) is 15.2. The molecule has 1 rings (SSSR count). The van der Waals surface area contributed by atoms with Gasteiger partial charge in [-0.15, -0.1) is 11.3 Å². The highest BCUT2D eigenvalue weighted by Gasteiger charge is 2.14. The summed E-state index contributed by atoms with van der Waals surface area (Å²) in [4.78, 5) is 5.79. The van der Waals surface area contributed by atoms with E-state index in [-0.39, 0.29) is 6.04 Å². The molecule has 0 radical (unpaired) electrons. The van der Waals surface area contributed by atoms with Crippen LogP contribution in [0.3, 0.4) is 0 Å². The summed E-state index contributed by atoms with van der Waals surface area (Å²) < 4.78 is 0. The Morgan fingerprint density at radius 1 is 1.29 bits per heavy atom. The quantitative estimate of drug-likeness (QED) is 0.822. The lowest BCUT2D eigenvalue weighted by atomic mass is 10.0. The Labute approximate surface area is 109 Å². The second-order valence-electron chi connectivity index (χ2n) is 5.20. The lowest BCUT2D eigenvalue weighted by molar-refractivity contribution is 0.447. The van der Waals surface area contributed by atoms with Crippen molar-refractivity contribution in [2.24, 2.45) is 11.7 Å². The number of aromatic nitrogens is 1. The molecule has 0 saturated carbocycles. The molecule has 3 nitrogen and oxygen atoms in total. The summed E-state index contributed by atoms with van der Waals surface area (Å²) >= 11 is 1.77. The number of thiazole rings is 1. The van der Waals surface area contributed by atoms with Crippen LogP contribution < -0.4 is 11.1 Å². The topological polar surface area (TPSA) is 50.9 Å². The maximum absolute atomic E-state index is 6.07. The highest BCUT2D eigenvalue weighted by molar-refractivity contribution is 7.11. The number of nitrogens with zero attached hydrogens (tertiary/aromatic N) is 1. The predicted octanol–water partition coefficient (Wildman–Crippen LogP) is 2.78. The smallest absolute Gasteiger partial charge is 0.0900 e. The van der Waals surface area contributed by atoms with E-state index in [0.29, 0.717) is 12.0 Å². The van der Waals surface area contributed by atoms with Crippen molar-refractivity contribution in [1.29, 1.82) is 0 Å². The molecule has 0 bridgehead atoms. The Balaban J connectivity index is 2.44. The van der Waals surface area contributed by atoms with Gasteiger partial charge in [0.2, 0.25) is 0 Å². The van der Waals surface area contributed by atoms with Gasteiger partial charge in [0.1, 0.15) is 0 Å². The van der Waals surface area contributed by atoms with Crippen molar-refractivity contribution < 1.29 is 0 Å². The summed E-state index contributed by atoms with van der Waals surface area (Å²) in [5, 5.41) is 4.64. The Morgan fingerprint density at radius 2 is 1.94 bits per heavy atom. The van der Waals surface area contributed by atoms with Crippen LogP contribution in [0, 0.1) is 19.8 Å². The average molecular weight is 255 g/mol. The van der Waals surface area contributed by atoms with Gasteiger partial charge in [0.25, 0.3) is 0 Å². The number of hydrogen-bond donors (Lipinski definition) is 2. The van der Waals surface area contributed by atoms with Gasteiger partial charge in [-0.05, 0) is 33.1 Å². The predicted molar refractivity (Wildman–Crippen MR) is 75.4 cm³/mol. The minimum absolute atomic E-state index is 0.242. The van der Waals surface area contributed by atoms with E-state index >= 15 is 0 Å². The highest BCUT2D eigenvalue weighted by Crippen LogP contribution is 2.24. The largest absolute Gasteiger partial charge is 0.327 e. The van der Waals surface area contributed by atoms with Crippen LogP contribution >= 0.6 is 11.3 Å². The molecule has 0 fully saturated rings. The molecular formula is C13H25N3S. The van der Waals surface area contributed by atoms with Crippen LogP contribution in [0.1, 0.15) is 48.8 Å². The molecule has 1 aromatic heterocycles. The molecule has 4 heteroatoms. The van der Waals surface area contributed by atoms with Gasteiger partial charge in [-0.3, -0.25) is 0 Å². The summed E-state index contributed by atoms with van der Waals surface area (Å²) in [6.45, 7) is 11.6. The molecule has 98 valence electrons. The minimum atomic E-state index is 0.242. The van der Waals surface area contributed by atoms with Gasteiger partial charge in [0.15, 0.2) is 0 Å². The zero-order valence-electron chi connectivity index (χ0n) is 11.6. The fourth-order valence-corrected chi connectivity index (χ4v) is 3.01. The maximum atomic E-state index is 6.07. The first-order chi connectivity index (χ1) is 7.90. The summed E-state index contributed by atoms with van der Waals surface area (Å²) in [7, 11) is 0. The summed E-state index contributed by atoms with van der Waals surface area (Å²) in [6, 6.07) is 0.589. The van der Waals surface area contributed by atoms with Crippen molar-refractivity contribution in [3.05, 3.63) is 15.6 Å². The van der Waals surface area contributed by atoms with Crippen molar-refractivity contribution in [3.63, 3.8) is 0 Å². The third-order valence-electron chi connectivity index (χ3n) is 2.79. The third kappa shape index (κ3) is 4.74. The fraction of sp³-hybridized carbons (Fsp3) is 0.769. The Bertz CT molecular complexity index is 346. The van der Waals surface area contributed by atoms with Crippen LogP contribution in [0.4, 0.5) is 0 Å². The van der Waals surface area contributed by atoms with Crippen LogP contribution in [0.5, 0.6) is 0 Å². The number of hydrogen-bond acceptors (Lipinski definition) is 4. The van der Waals surface area contributed by atoms with Gasteiger partial charge in [0.05, 0.1) is 10.7 Å². The highest BCUT2D eigenvalue weighted by atomic mass is 32.1. The monoisotopic (exact) mass is 255 g/mol. The molecule has 0 aliphatic heterocycles. The van der Waals surface area contributed by atoms with Crippen molar-refractivity contribution in [2.45, 2.75) is 53.1 Å². The molecule has 0 aliphatic rings. The SMILES string of the molecule is Cc1nc(C)c(C(C)NC[C@H](N)CC(C)C)s1. The van der Waals surface area contributed by atoms with Gasteiger partial charge < -0.3 is 11.1 Å². The number of nitrogens with two attached hydrogens (primary N) is 1. The molecule has 1 unspecified atom stereocenters. The first-order valence-electron chi connectivity index (χ1n) is 6.33. The van der Waals surface area contributed by atoms with Gasteiger partial charge >= 0.3 is 0 Å². The molecule has 1 heterocycles. The summed E-state index contributed by atoms with van der Waals surface area (Å²) in [5.41, 5.74) is 7.21. The minimum Gasteiger partial charge on any atom is -0.327 e. The van der Waals surface area contributed by atoms with E-state index in [0.717, 1.165) is 23.7 Å². The zero-order chi connectivity index (χ0) is 13.0. The number of nitrogens with one attached hydrogen (secondary N) is 1. The number of aryl methyl sites for hydroxylation is 2. The summed E-state index contributed by atoms with van der Waals surface area (Å²) in [6.07, 6.45) is 1.07. The number of rotatable bonds is 6. The first kappa shape index (κ1) is 14.6. The maximum Gasteiger partial charge on any atom is 0.0900 e. The Morgan fingerprint density at radius 3 is 2.41 bits per heavy atom. The second kappa shape index (κ2) is 6.47. The standard InChI is InChI=1S/C13H25N3S/c1-8(2)6-12(14)7-15-9(3)13-10(4)16-11(5)17-13/h8-9,12,15H,6-7,14H2,1-5H3/t9?,12-/m1/s1. The van der Waals surface area contributed by atoms with Crippen LogP contribution in [0.2, 0.25) is 0 Å². The zero-order valence-corrected chi connectivity index (χ0v) is 12.4. The Hall–Kier alpha value is -0.450. The average Bonchev–Trinajstić information content (AvgIpc) is 2.53. The summed E-state index contributed by atoms with van der Waals surface area (Å²) in [5.74, 6) is 0.662. The lowest BCUT2D eigenvalue weighted by Crippen LogP contribution is -2.36. The first-order valence-corrected chi connectivity index (χ1v) is 7.14. The molecule has 17 heavy (non-hydrogen) atoms. The molecule has 0 amide bonds. The molecular weight excluding hydrogens is 230 g/mol. The molecule has 1 aromatic rings. The van der Waals surface area contributed by atoms with E-state index in [2.05, 4.69) is 44.9 Å². The van der Waals surface area contributed by atoms with Gasteiger partial charge in [-0.1, -0.05) is 13.8 Å². The fourth-order valence-electron chi connectivity index (χ4n) is 2.06. The van der Waals surface area contributed by atoms with E-state index < -0.39 is 0 Å². The molecule has 0 saturated heterocycles. The lowest BCUT2D eigenvalue weighted by Gasteiger charge is -2.18. The molecule has 0 spiro atoms. The van der Waals surface area contributed by atoms with E-state index in [1.54, 1.807) is 11.3 Å². The molecule has 3 N–H and O–H groups in total. The van der Waals surface area contributed by atoms with Crippen LogP contribution in [-0.4, -0.2) is 17.6 Å². The van der Waals surface area contributed by atoms with Crippen LogP contribution in [0.25, 0.3) is 0 Å². The second-order valence-corrected chi connectivity index (χ2v) is 6.44. The molecule has 0 aromatic carbocycles. The Kier molecular flexibility index (Phi) is 5.56. The molecule has 0 aliphatic carbocycles. The van der Waals surface area contributed by atoms with Crippen molar-refractivity contribution in [1.82, 2.24) is 10.3 Å². The van der Waals surface area contributed by atoms with E-state index in [9.17, 15) is 0 Å². The van der Waals surface area contributed by atoms with E-state index in [4.69, 9.17) is 5.73 Å². The van der Waals surface area contributed by atoms with Gasteiger partial charge in [-0.25, -0.2) is 4.98 Å². The van der Waals surface area contributed by atoms with Crippen LogP contribution in [0.15, 0.2) is 0 Å². The molecule has 2 atom stereocenters. The third-order valence-corrected chi connectivity index (χ3v) is 4.05. The van der Waals surface area contributed by atoms with Crippen molar-refractivity contribution >= 4 is 11.3 Å². The van der Waals surface area contributed by atoms with Gasteiger partial charge in [-0.2, -0.15) is 0 Å². The van der Waals surface area contributed by atoms with Crippen LogP contribution in [-0.2, 0) is 0 Å².